The highest BCUT2D eigenvalue weighted by atomic mass is 35.5. The number of carboxylic acid groups (broad SMARTS) is 1. The molecule has 11 nitrogen and oxygen atoms in total. The Hall–Kier alpha value is -5.94. The number of aromatic hydroxyl groups is 2. The summed E-state index contributed by atoms with van der Waals surface area (Å²) in [6.45, 7) is 0. The van der Waals surface area contributed by atoms with E-state index >= 15 is 4.79 Å². The van der Waals surface area contributed by atoms with Crippen LogP contribution in [0.1, 0.15) is 40.2 Å². The number of benzene rings is 4. The van der Waals surface area contributed by atoms with Gasteiger partial charge in [-0.1, -0.05) is 65.7 Å². The Balaban J connectivity index is 1.33. The first-order chi connectivity index (χ1) is 25.0. The molecule has 3 N–H and O–H groups in total. The third-order valence-corrected chi connectivity index (χ3v) is 11.4. The fraction of sp³-hybridized carbons (Fsp3) is 0.225. The number of nitrogens with zero attached hydrogens (tertiary/aromatic N) is 2. The van der Waals surface area contributed by atoms with E-state index in [1.165, 1.54) is 25.3 Å². The molecule has 52 heavy (non-hydrogen) atoms. The highest BCUT2D eigenvalue weighted by Crippen LogP contribution is 2.65. The summed E-state index contributed by atoms with van der Waals surface area (Å²) in [5.41, 5.74) is -0.122. The van der Waals surface area contributed by atoms with Crippen molar-refractivity contribution in [3.8, 4) is 17.2 Å². The van der Waals surface area contributed by atoms with Gasteiger partial charge < -0.3 is 20.1 Å². The molecule has 6 unspecified atom stereocenters. The molecule has 2 saturated heterocycles. The molecule has 0 bridgehead atoms. The summed E-state index contributed by atoms with van der Waals surface area (Å²) in [6.07, 6.45) is 2.02. The van der Waals surface area contributed by atoms with Crippen molar-refractivity contribution in [2.45, 2.75) is 24.2 Å². The third-order valence-electron chi connectivity index (χ3n) is 11.2. The number of rotatable bonds is 6. The van der Waals surface area contributed by atoms with E-state index in [0.717, 1.165) is 21.9 Å². The van der Waals surface area contributed by atoms with Crippen LogP contribution in [0.3, 0.4) is 0 Å². The largest absolute Gasteiger partial charge is 0.508 e. The van der Waals surface area contributed by atoms with Crippen LogP contribution in [-0.2, 0) is 24.6 Å². The number of hydrogen-bond acceptors (Lipinski definition) is 8. The van der Waals surface area contributed by atoms with E-state index in [4.69, 9.17) is 16.3 Å². The van der Waals surface area contributed by atoms with Gasteiger partial charge in [0.1, 0.15) is 22.8 Å². The van der Waals surface area contributed by atoms with Crippen LogP contribution in [0, 0.1) is 23.7 Å². The van der Waals surface area contributed by atoms with Crippen LogP contribution < -0.4 is 14.5 Å². The lowest BCUT2D eigenvalue weighted by Gasteiger charge is -2.50. The van der Waals surface area contributed by atoms with Gasteiger partial charge in [0.05, 0.1) is 41.7 Å². The number of aromatic carboxylic acids is 1. The van der Waals surface area contributed by atoms with E-state index in [1.807, 2.05) is 6.08 Å². The number of phenols is 2. The molecule has 262 valence electrons. The van der Waals surface area contributed by atoms with Crippen molar-refractivity contribution in [2.24, 2.45) is 23.7 Å². The summed E-state index contributed by atoms with van der Waals surface area (Å²) >= 11 is 6.36. The van der Waals surface area contributed by atoms with Crippen molar-refractivity contribution in [1.82, 2.24) is 0 Å². The van der Waals surface area contributed by atoms with Crippen LogP contribution in [0.2, 0.25) is 5.02 Å². The molecule has 4 aromatic carbocycles. The number of halogens is 1. The second-order valence-corrected chi connectivity index (χ2v) is 14.0. The van der Waals surface area contributed by atoms with Gasteiger partial charge in [0, 0.05) is 28.6 Å². The lowest BCUT2D eigenvalue weighted by Crippen LogP contribution is -2.53. The standard InChI is InChI=1S/C40H31ClN2O9/c1-52-24-11-13-26(32(45)18-24)34-25-14-15-28-33(37(48)42(35(28)46)23-10-12-27(38(49)50)31(44)17-23)29(25)19-30-36(47)43(22-9-5-8-21(41)16-22)39(51)40(30,34)20-6-3-2-4-7-20/h2-14,16-18,28-30,33-34,44-45H,15,19H2,1H3,(H,49,50). The van der Waals surface area contributed by atoms with E-state index in [1.54, 1.807) is 60.7 Å². The molecule has 2 heterocycles. The average molecular weight is 719 g/mol. The van der Waals surface area contributed by atoms with E-state index in [2.05, 4.69) is 0 Å². The molecular formula is C40H31ClN2O9. The van der Waals surface area contributed by atoms with Crippen molar-refractivity contribution in [3.63, 3.8) is 0 Å². The maximum atomic E-state index is 15.3. The molecule has 2 aliphatic heterocycles. The quantitative estimate of drug-likeness (QED) is 0.165. The summed E-state index contributed by atoms with van der Waals surface area (Å²) < 4.78 is 5.38. The fourth-order valence-corrected chi connectivity index (χ4v) is 9.26. The van der Waals surface area contributed by atoms with Gasteiger partial charge in [0.25, 0.3) is 0 Å². The number of carbonyl (C=O) groups excluding carboxylic acids is 4. The van der Waals surface area contributed by atoms with Gasteiger partial charge >= 0.3 is 5.97 Å². The maximum Gasteiger partial charge on any atom is 0.339 e. The number of anilines is 2. The molecule has 3 fully saturated rings. The summed E-state index contributed by atoms with van der Waals surface area (Å²) in [5.74, 6) is -8.36. The van der Waals surface area contributed by atoms with Crippen LogP contribution in [0.15, 0.2) is 103 Å². The van der Waals surface area contributed by atoms with E-state index < -0.39 is 70.4 Å². The van der Waals surface area contributed by atoms with Crippen molar-refractivity contribution >= 4 is 52.6 Å². The molecular weight excluding hydrogens is 688 g/mol. The maximum absolute atomic E-state index is 15.3. The number of carbonyl (C=O) groups is 5. The molecule has 0 radical (unpaired) electrons. The Morgan fingerprint density at radius 1 is 0.808 bits per heavy atom. The number of phenolic OH excluding ortho intramolecular Hbond substituents is 1. The molecule has 8 rings (SSSR count). The Morgan fingerprint density at radius 2 is 1.56 bits per heavy atom. The minimum Gasteiger partial charge on any atom is -0.508 e. The Kier molecular flexibility index (Phi) is 7.72. The molecule has 0 spiro atoms. The van der Waals surface area contributed by atoms with Gasteiger partial charge in [-0.25, -0.2) is 14.6 Å². The van der Waals surface area contributed by atoms with Gasteiger partial charge in [-0.3, -0.25) is 19.2 Å². The van der Waals surface area contributed by atoms with E-state index in [0.29, 0.717) is 27.5 Å². The number of fused-ring (bicyclic) bond motifs is 4. The van der Waals surface area contributed by atoms with E-state index in [9.17, 15) is 34.5 Å². The first kappa shape index (κ1) is 33.2. The molecule has 12 heteroatoms. The zero-order valence-electron chi connectivity index (χ0n) is 27.6. The van der Waals surface area contributed by atoms with Crippen molar-refractivity contribution in [2.75, 3.05) is 16.9 Å². The molecule has 0 aromatic heterocycles. The second-order valence-electron chi connectivity index (χ2n) is 13.5. The lowest BCUT2D eigenvalue weighted by atomic mass is 9.49. The lowest BCUT2D eigenvalue weighted by molar-refractivity contribution is -0.127. The number of allylic oxidation sites excluding steroid dienone is 2. The van der Waals surface area contributed by atoms with Gasteiger partial charge in [-0.2, -0.15) is 0 Å². The minimum absolute atomic E-state index is 0.0199. The normalized spacial score (nSPS) is 26.5. The molecule has 6 atom stereocenters. The highest BCUT2D eigenvalue weighted by molar-refractivity contribution is 6.32. The predicted molar refractivity (Wildman–Crippen MR) is 188 cm³/mol. The predicted octanol–water partition coefficient (Wildman–Crippen LogP) is 5.83. The van der Waals surface area contributed by atoms with Crippen molar-refractivity contribution in [3.05, 3.63) is 124 Å². The Labute approximate surface area is 302 Å². The zero-order valence-corrected chi connectivity index (χ0v) is 28.4. The summed E-state index contributed by atoms with van der Waals surface area (Å²) in [4.78, 5) is 72.3. The van der Waals surface area contributed by atoms with Crippen LogP contribution in [0.25, 0.3) is 0 Å². The third kappa shape index (κ3) is 4.61. The van der Waals surface area contributed by atoms with Crippen molar-refractivity contribution < 1.29 is 44.0 Å². The smallest absolute Gasteiger partial charge is 0.339 e. The highest BCUT2D eigenvalue weighted by Gasteiger charge is 2.70. The van der Waals surface area contributed by atoms with Crippen LogP contribution >= 0.6 is 11.6 Å². The number of ether oxygens (including phenoxy) is 1. The minimum atomic E-state index is -1.58. The summed E-state index contributed by atoms with van der Waals surface area (Å²) in [6, 6.07) is 23.7. The van der Waals surface area contributed by atoms with Gasteiger partial charge in [0.2, 0.25) is 23.6 Å². The SMILES string of the molecule is COc1ccc(C2C3=CCC4C(=O)N(c5ccc(C(=O)O)c(O)c5)C(=O)C4C3CC3C(=O)N(c4cccc(Cl)c4)C(=O)C32c2ccccc2)c(O)c1. The monoisotopic (exact) mass is 718 g/mol. The summed E-state index contributed by atoms with van der Waals surface area (Å²) in [7, 11) is 1.46. The molecule has 1 saturated carbocycles. The van der Waals surface area contributed by atoms with E-state index in [-0.39, 0.29) is 35.5 Å². The number of methoxy groups -OCH3 is 1. The second kappa shape index (κ2) is 12.1. The van der Waals surface area contributed by atoms with Gasteiger partial charge in [-0.05, 0) is 60.7 Å². The van der Waals surface area contributed by atoms with Gasteiger partial charge in [0.15, 0.2) is 0 Å². The zero-order chi connectivity index (χ0) is 36.6. The average Bonchev–Trinajstić information content (AvgIpc) is 3.52. The molecule has 4 aromatic rings. The first-order valence-electron chi connectivity index (χ1n) is 16.7. The first-order valence-corrected chi connectivity index (χ1v) is 17.1. The summed E-state index contributed by atoms with van der Waals surface area (Å²) in [5, 5.41) is 31.8. The van der Waals surface area contributed by atoms with Crippen LogP contribution in [0.4, 0.5) is 11.4 Å². The number of amides is 4. The Bertz CT molecular complexity index is 2250. The van der Waals surface area contributed by atoms with Crippen molar-refractivity contribution in [1.29, 1.82) is 0 Å². The van der Waals surface area contributed by atoms with Gasteiger partial charge in [-0.15, -0.1) is 0 Å². The number of imide groups is 2. The molecule has 2 aliphatic carbocycles. The number of carboxylic acids is 1. The van der Waals surface area contributed by atoms with Crippen LogP contribution in [-0.4, -0.2) is 52.0 Å². The Morgan fingerprint density at radius 3 is 2.23 bits per heavy atom. The van der Waals surface area contributed by atoms with Crippen LogP contribution in [0.5, 0.6) is 17.2 Å². The molecule has 4 aliphatic rings. The molecule has 4 amide bonds. The topological polar surface area (TPSA) is 162 Å². The number of hydrogen-bond donors (Lipinski definition) is 3. The fourth-order valence-electron chi connectivity index (χ4n) is 9.08.